The van der Waals surface area contributed by atoms with Crippen LogP contribution in [0.3, 0.4) is 0 Å². The van der Waals surface area contributed by atoms with Crippen LogP contribution in [-0.4, -0.2) is 9.97 Å². The Balaban J connectivity index is 1.91. The highest BCUT2D eigenvalue weighted by atomic mass is 15.0. The summed E-state index contributed by atoms with van der Waals surface area (Å²) >= 11 is 0. The van der Waals surface area contributed by atoms with Gasteiger partial charge in [-0.2, -0.15) is 0 Å². The molecule has 0 amide bonds. The molecule has 20 heavy (non-hydrogen) atoms. The highest BCUT2D eigenvalue weighted by Crippen LogP contribution is 2.49. The third-order valence-electron chi connectivity index (χ3n) is 4.92. The first-order valence-corrected chi connectivity index (χ1v) is 8.01. The average Bonchev–Trinajstić information content (AvgIpc) is 2.80. The van der Waals surface area contributed by atoms with Gasteiger partial charge in [-0.15, -0.1) is 0 Å². The third-order valence-corrected chi connectivity index (χ3v) is 4.92. The molecule has 2 N–H and O–H groups in total. The molecule has 3 atom stereocenters. The minimum absolute atomic E-state index is 0.469. The Morgan fingerprint density at radius 1 is 1.30 bits per heavy atom. The maximum absolute atomic E-state index is 5.92. The fraction of sp³-hybridized carbons (Fsp3) is 0.647. The Kier molecular flexibility index (Phi) is 3.77. The van der Waals surface area contributed by atoms with Crippen molar-refractivity contribution in [2.24, 2.45) is 5.92 Å². The molecule has 0 radical (unpaired) electrons. The molecule has 0 aliphatic heterocycles. The van der Waals surface area contributed by atoms with Crippen LogP contribution in [0.1, 0.15) is 74.7 Å². The fourth-order valence-electron chi connectivity index (χ4n) is 3.92. The monoisotopic (exact) mass is 271 g/mol. The van der Waals surface area contributed by atoms with Crippen LogP contribution in [0.2, 0.25) is 0 Å². The number of unbranched alkanes of at least 4 members (excludes halogenated alkanes) is 1. The molecule has 2 aliphatic carbocycles. The molecule has 0 saturated carbocycles. The molecular formula is C17H25N3. The van der Waals surface area contributed by atoms with E-state index in [4.69, 9.17) is 5.73 Å². The lowest BCUT2D eigenvalue weighted by Gasteiger charge is -2.33. The van der Waals surface area contributed by atoms with Crippen LogP contribution in [-0.2, 0) is 6.42 Å². The van der Waals surface area contributed by atoms with Crippen LogP contribution in [0.15, 0.2) is 12.2 Å². The Morgan fingerprint density at radius 3 is 2.95 bits per heavy atom. The van der Waals surface area contributed by atoms with Crippen molar-refractivity contribution in [3.8, 4) is 0 Å². The van der Waals surface area contributed by atoms with Crippen molar-refractivity contribution >= 4 is 5.95 Å². The number of anilines is 1. The lowest BCUT2D eigenvalue weighted by atomic mass is 9.73. The van der Waals surface area contributed by atoms with E-state index in [9.17, 15) is 0 Å². The molecule has 1 aromatic rings. The molecule has 1 aromatic heterocycles. The summed E-state index contributed by atoms with van der Waals surface area (Å²) in [6, 6.07) is 0. The Hall–Kier alpha value is -1.38. The van der Waals surface area contributed by atoms with Gasteiger partial charge >= 0.3 is 0 Å². The summed E-state index contributed by atoms with van der Waals surface area (Å²) in [6.07, 6.45) is 11.8. The van der Waals surface area contributed by atoms with Gasteiger partial charge in [-0.1, -0.05) is 32.4 Å². The number of hydrogen-bond acceptors (Lipinski definition) is 3. The van der Waals surface area contributed by atoms with Crippen LogP contribution in [0.4, 0.5) is 5.95 Å². The molecule has 3 nitrogen and oxygen atoms in total. The normalized spacial score (nSPS) is 28.0. The maximum Gasteiger partial charge on any atom is 0.220 e. The first-order chi connectivity index (χ1) is 9.70. The van der Waals surface area contributed by atoms with Crippen molar-refractivity contribution in [1.82, 2.24) is 9.97 Å². The number of allylic oxidation sites excluding steroid dienone is 2. The maximum atomic E-state index is 5.92. The quantitative estimate of drug-likeness (QED) is 0.843. The summed E-state index contributed by atoms with van der Waals surface area (Å²) in [6.45, 7) is 4.59. The Bertz CT molecular complexity index is 521. The second kappa shape index (κ2) is 5.55. The lowest BCUT2D eigenvalue weighted by Crippen LogP contribution is -2.23. The molecule has 0 aromatic carbocycles. The second-order valence-electron chi connectivity index (χ2n) is 6.38. The number of nitrogen functional groups attached to an aromatic ring is 1. The summed E-state index contributed by atoms with van der Waals surface area (Å²) in [7, 11) is 0. The number of hydrogen-bond donors (Lipinski definition) is 1. The Labute approximate surface area is 121 Å². The molecule has 108 valence electrons. The SMILES string of the molecule is CCCC=CC[C@H]1c2nc(N)nc3c2[C@@H](CC3)C[C@H]1C. The van der Waals surface area contributed by atoms with Gasteiger partial charge in [-0.3, -0.25) is 0 Å². The highest BCUT2D eigenvalue weighted by Gasteiger charge is 2.38. The molecule has 2 aliphatic rings. The van der Waals surface area contributed by atoms with Gasteiger partial charge < -0.3 is 5.73 Å². The molecule has 0 saturated heterocycles. The van der Waals surface area contributed by atoms with Crippen molar-refractivity contribution in [1.29, 1.82) is 0 Å². The lowest BCUT2D eigenvalue weighted by molar-refractivity contribution is 0.355. The van der Waals surface area contributed by atoms with E-state index in [1.54, 1.807) is 0 Å². The summed E-state index contributed by atoms with van der Waals surface area (Å²) in [5.41, 5.74) is 9.86. The molecule has 0 bridgehead atoms. The van der Waals surface area contributed by atoms with Crippen LogP contribution in [0.25, 0.3) is 0 Å². The molecule has 0 fully saturated rings. The number of nitrogens with zero attached hydrogens (tertiary/aromatic N) is 2. The number of rotatable bonds is 4. The summed E-state index contributed by atoms with van der Waals surface area (Å²) in [5, 5.41) is 0. The Morgan fingerprint density at radius 2 is 2.15 bits per heavy atom. The van der Waals surface area contributed by atoms with Gasteiger partial charge in [-0.05, 0) is 49.5 Å². The molecule has 3 rings (SSSR count). The fourth-order valence-corrected chi connectivity index (χ4v) is 3.92. The topological polar surface area (TPSA) is 51.8 Å². The predicted molar refractivity (Wildman–Crippen MR) is 82.7 cm³/mol. The van der Waals surface area contributed by atoms with Crippen molar-refractivity contribution < 1.29 is 0 Å². The molecule has 0 spiro atoms. The number of aromatic nitrogens is 2. The summed E-state index contributed by atoms with van der Waals surface area (Å²) < 4.78 is 0. The van der Waals surface area contributed by atoms with E-state index in [1.165, 1.54) is 42.6 Å². The smallest absolute Gasteiger partial charge is 0.220 e. The van der Waals surface area contributed by atoms with Crippen molar-refractivity contribution in [2.45, 2.75) is 64.2 Å². The van der Waals surface area contributed by atoms with Gasteiger partial charge in [0.05, 0.1) is 5.69 Å². The van der Waals surface area contributed by atoms with Gasteiger partial charge in [0.15, 0.2) is 0 Å². The van der Waals surface area contributed by atoms with E-state index in [2.05, 4.69) is 36.0 Å². The molecule has 0 unspecified atom stereocenters. The number of nitrogens with two attached hydrogens (primary N) is 1. The highest BCUT2D eigenvalue weighted by molar-refractivity contribution is 5.42. The first kappa shape index (κ1) is 13.6. The standard InChI is InChI=1S/C17H25N3/c1-3-4-5-6-7-13-11(2)10-12-8-9-14-15(12)16(13)20-17(18)19-14/h5-6,11-13H,3-4,7-10H2,1-2H3,(H2,18,19,20)/t11-,12+,13-/m1/s1. The minimum atomic E-state index is 0.469. The molecular weight excluding hydrogens is 246 g/mol. The van der Waals surface area contributed by atoms with E-state index < -0.39 is 0 Å². The van der Waals surface area contributed by atoms with Gasteiger partial charge in [-0.25, -0.2) is 9.97 Å². The number of aryl methyl sites for hydroxylation is 1. The van der Waals surface area contributed by atoms with Gasteiger partial charge in [0.2, 0.25) is 5.95 Å². The average molecular weight is 271 g/mol. The summed E-state index contributed by atoms with van der Waals surface area (Å²) in [4.78, 5) is 9.09. The van der Waals surface area contributed by atoms with Crippen LogP contribution in [0.5, 0.6) is 0 Å². The van der Waals surface area contributed by atoms with E-state index >= 15 is 0 Å². The van der Waals surface area contributed by atoms with Gasteiger partial charge in [0.25, 0.3) is 0 Å². The van der Waals surface area contributed by atoms with Crippen LogP contribution >= 0.6 is 0 Å². The van der Waals surface area contributed by atoms with Gasteiger partial charge in [0.1, 0.15) is 0 Å². The molecule has 1 heterocycles. The van der Waals surface area contributed by atoms with Gasteiger partial charge in [0, 0.05) is 11.6 Å². The third kappa shape index (κ3) is 2.34. The zero-order valence-electron chi connectivity index (χ0n) is 12.6. The van der Waals surface area contributed by atoms with Crippen LogP contribution < -0.4 is 5.73 Å². The van der Waals surface area contributed by atoms with Crippen molar-refractivity contribution in [2.75, 3.05) is 5.73 Å². The van der Waals surface area contributed by atoms with Crippen LogP contribution in [0, 0.1) is 5.92 Å². The molecule has 3 heteroatoms. The zero-order valence-corrected chi connectivity index (χ0v) is 12.6. The van der Waals surface area contributed by atoms with E-state index in [-0.39, 0.29) is 0 Å². The first-order valence-electron chi connectivity index (χ1n) is 8.01. The zero-order chi connectivity index (χ0) is 14.1. The van der Waals surface area contributed by atoms with E-state index in [1.807, 2.05) is 0 Å². The summed E-state index contributed by atoms with van der Waals surface area (Å²) in [5.74, 6) is 2.37. The minimum Gasteiger partial charge on any atom is -0.368 e. The van der Waals surface area contributed by atoms with Crippen molar-refractivity contribution in [3.05, 3.63) is 29.1 Å². The van der Waals surface area contributed by atoms with E-state index in [0.29, 0.717) is 23.7 Å². The predicted octanol–water partition coefficient (Wildman–Crippen LogP) is 3.96. The largest absolute Gasteiger partial charge is 0.368 e. The van der Waals surface area contributed by atoms with Crippen molar-refractivity contribution in [3.63, 3.8) is 0 Å². The van der Waals surface area contributed by atoms with E-state index in [0.717, 1.165) is 12.8 Å². The second-order valence-corrected chi connectivity index (χ2v) is 6.38.